The van der Waals surface area contributed by atoms with E-state index in [2.05, 4.69) is 57.9 Å². The Morgan fingerprint density at radius 3 is 3.00 bits per heavy atom. The summed E-state index contributed by atoms with van der Waals surface area (Å²) in [5, 5.41) is 0. The van der Waals surface area contributed by atoms with Gasteiger partial charge in [0.25, 0.3) is 0 Å². The van der Waals surface area contributed by atoms with Crippen molar-refractivity contribution < 1.29 is 0 Å². The SMILES string of the molecule is Cc1cccc(CN2CCCCC2CC(C)Br)n1. The topological polar surface area (TPSA) is 16.1 Å². The van der Waals surface area contributed by atoms with Gasteiger partial charge in [-0.1, -0.05) is 35.3 Å². The molecule has 0 spiro atoms. The zero-order valence-corrected chi connectivity index (χ0v) is 13.0. The maximum absolute atomic E-state index is 4.63. The third kappa shape index (κ3) is 4.06. The average molecular weight is 311 g/mol. The third-order valence-corrected chi connectivity index (χ3v) is 4.03. The van der Waals surface area contributed by atoms with E-state index in [0.29, 0.717) is 4.83 Å². The van der Waals surface area contributed by atoms with Gasteiger partial charge < -0.3 is 0 Å². The van der Waals surface area contributed by atoms with E-state index in [1.54, 1.807) is 0 Å². The molecule has 100 valence electrons. The van der Waals surface area contributed by atoms with Crippen molar-refractivity contribution in [3.05, 3.63) is 29.6 Å². The molecule has 2 heterocycles. The fourth-order valence-electron chi connectivity index (χ4n) is 2.81. The largest absolute Gasteiger partial charge is 0.295 e. The molecule has 0 N–H and O–H groups in total. The normalized spacial score (nSPS) is 22.9. The fraction of sp³-hybridized carbons (Fsp3) is 0.667. The molecule has 2 rings (SSSR count). The Kier molecular flexibility index (Phi) is 5.19. The Hall–Kier alpha value is -0.410. The lowest BCUT2D eigenvalue weighted by Gasteiger charge is -2.36. The van der Waals surface area contributed by atoms with Gasteiger partial charge in [0.15, 0.2) is 0 Å². The summed E-state index contributed by atoms with van der Waals surface area (Å²) >= 11 is 3.69. The second-order valence-electron chi connectivity index (χ2n) is 5.41. The van der Waals surface area contributed by atoms with Crippen LogP contribution in [0.2, 0.25) is 0 Å². The number of nitrogens with zero attached hydrogens (tertiary/aromatic N) is 2. The van der Waals surface area contributed by atoms with Crippen molar-refractivity contribution in [2.75, 3.05) is 6.54 Å². The maximum Gasteiger partial charge on any atom is 0.0547 e. The van der Waals surface area contributed by atoms with Crippen molar-refractivity contribution in [2.24, 2.45) is 0 Å². The van der Waals surface area contributed by atoms with Crippen LogP contribution in [0.1, 0.15) is 44.0 Å². The zero-order chi connectivity index (χ0) is 13.0. The first-order valence-corrected chi connectivity index (χ1v) is 7.87. The molecule has 0 aromatic carbocycles. The van der Waals surface area contributed by atoms with E-state index in [4.69, 9.17) is 0 Å². The van der Waals surface area contributed by atoms with Gasteiger partial charge in [0.2, 0.25) is 0 Å². The molecule has 1 aliphatic rings. The highest BCUT2D eigenvalue weighted by Crippen LogP contribution is 2.24. The van der Waals surface area contributed by atoms with E-state index < -0.39 is 0 Å². The summed E-state index contributed by atoms with van der Waals surface area (Å²) in [5.41, 5.74) is 2.33. The Labute approximate surface area is 119 Å². The number of aryl methyl sites for hydroxylation is 1. The number of likely N-dealkylation sites (tertiary alicyclic amines) is 1. The van der Waals surface area contributed by atoms with E-state index in [1.165, 1.54) is 37.9 Å². The minimum Gasteiger partial charge on any atom is -0.295 e. The number of rotatable bonds is 4. The smallest absolute Gasteiger partial charge is 0.0547 e. The Balaban J connectivity index is 2.00. The molecule has 2 unspecified atom stereocenters. The van der Waals surface area contributed by atoms with Gasteiger partial charge in [-0.05, 0) is 44.9 Å². The van der Waals surface area contributed by atoms with Crippen molar-refractivity contribution >= 4 is 15.9 Å². The van der Waals surface area contributed by atoms with Crippen LogP contribution >= 0.6 is 15.9 Å². The maximum atomic E-state index is 4.63. The first-order valence-electron chi connectivity index (χ1n) is 6.96. The summed E-state index contributed by atoms with van der Waals surface area (Å²) < 4.78 is 0. The molecule has 0 radical (unpaired) electrons. The summed E-state index contributed by atoms with van der Waals surface area (Å²) in [6.45, 7) is 6.54. The Bertz CT molecular complexity index is 379. The lowest BCUT2D eigenvalue weighted by Crippen LogP contribution is -2.40. The standard InChI is InChI=1S/C15H23BrN2/c1-12(16)10-15-8-3-4-9-18(15)11-14-7-5-6-13(2)17-14/h5-7,12,15H,3-4,8-11H2,1-2H3. The van der Waals surface area contributed by atoms with Crippen LogP contribution < -0.4 is 0 Å². The molecular formula is C15H23BrN2. The van der Waals surface area contributed by atoms with Gasteiger partial charge in [0, 0.05) is 23.1 Å². The molecule has 1 saturated heterocycles. The van der Waals surface area contributed by atoms with E-state index in [-0.39, 0.29) is 0 Å². The Morgan fingerprint density at radius 1 is 1.44 bits per heavy atom. The van der Waals surface area contributed by atoms with Gasteiger partial charge in [-0.25, -0.2) is 0 Å². The molecule has 1 aromatic heterocycles. The van der Waals surface area contributed by atoms with Gasteiger partial charge in [0.1, 0.15) is 0 Å². The van der Waals surface area contributed by atoms with Crippen molar-refractivity contribution in [2.45, 2.75) is 56.9 Å². The minimum atomic E-state index is 0.605. The average Bonchev–Trinajstić information content (AvgIpc) is 2.31. The van der Waals surface area contributed by atoms with Crippen LogP contribution in [0.3, 0.4) is 0 Å². The quantitative estimate of drug-likeness (QED) is 0.784. The summed E-state index contributed by atoms with van der Waals surface area (Å²) in [4.78, 5) is 7.85. The van der Waals surface area contributed by atoms with Gasteiger partial charge in [0.05, 0.1) is 5.69 Å². The summed E-state index contributed by atoms with van der Waals surface area (Å²) in [7, 11) is 0. The number of hydrogen-bond donors (Lipinski definition) is 0. The fourth-order valence-corrected chi connectivity index (χ4v) is 3.24. The molecule has 3 heteroatoms. The van der Waals surface area contributed by atoms with Gasteiger partial charge in [-0.2, -0.15) is 0 Å². The van der Waals surface area contributed by atoms with Crippen LogP contribution in [0.4, 0.5) is 0 Å². The zero-order valence-electron chi connectivity index (χ0n) is 11.4. The van der Waals surface area contributed by atoms with Gasteiger partial charge in [-0.3, -0.25) is 9.88 Å². The molecular weight excluding hydrogens is 288 g/mol. The van der Waals surface area contributed by atoms with Gasteiger partial charge in [-0.15, -0.1) is 0 Å². The molecule has 0 amide bonds. The number of alkyl halides is 1. The minimum absolute atomic E-state index is 0.605. The molecule has 1 fully saturated rings. The summed E-state index contributed by atoms with van der Waals surface area (Å²) in [6, 6.07) is 7.05. The molecule has 1 aliphatic heterocycles. The molecule has 2 nitrogen and oxygen atoms in total. The predicted octanol–water partition coefficient (Wildman–Crippen LogP) is 3.92. The van der Waals surface area contributed by atoms with Crippen molar-refractivity contribution in [1.29, 1.82) is 0 Å². The van der Waals surface area contributed by atoms with E-state index >= 15 is 0 Å². The number of pyridine rings is 1. The first kappa shape index (κ1) is 14.0. The monoisotopic (exact) mass is 310 g/mol. The summed E-state index contributed by atoms with van der Waals surface area (Å²) in [6.07, 6.45) is 5.29. The lowest BCUT2D eigenvalue weighted by molar-refractivity contribution is 0.131. The molecule has 2 atom stereocenters. The molecule has 18 heavy (non-hydrogen) atoms. The van der Waals surface area contributed by atoms with E-state index in [0.717, 1.165) is 18.3 Å². The van der Waals surface area contributed by atoms with Crippen LogP contribution in [-0.2, 0) is 6.54 Å². The molecule has 0 aliphatic carbocycles. The van der Waals surface area contributed by atoms with Crippen molar-refractivity contribution in [3.63, 3.8) is 0 Å². The van der Waals surface area contributed by atoms with Crippen LogP contribution in [0.15, 0.2) is 18.2 Å². The van der Waals surface area contributed by atoms with E-state index in [9.17, 15) is 0 Å². The molecule has 0 saturated carbocycles. The molecule has 0 bridgehead atoms. The third-order valence-electron chi connectivity index (χ3n) is 3.66. The highest BCUT2D eigenvalue weighted by Gasteiger charge is 2.23. The van der Waals surface area contributed by atoms with Gasteiger partial charge >= 0.3 is 0 Å². The number of halogens is 1. The van der Waals surface area contributed by atoms with Crippen molar-refractivity contribution in [1.82, 2.24) is 9.88 Å². The van der Waals surface area contributed by atoms with Crippen LogP contribution in [0, 0.1) is 6.92 Å². The van der Waals surface area contributed by atoms with E-state index in [1.807, 2.05) is 0 Å². The Morgan fingerprint density at radius 2 is 2.28 bits per heavy atom. The number of piperidine rings is 1. The van der Waals surface area contributed by atoms with Crippen LogP contribution in [-0.4, -0.2) is 27.3 Å². The molecule has 1 aromatic rings. The highest BCUT2D eigenvalue weighted by atomic mass is 79.9. The lowest BCUT2D eigenvalue weighted by atomic mass is 9.98. The second-order valence-corrected chi connectivity index (χ2v) is 6.97. The van der Waals surface area contributed by atoms with Crippen LogP contribution in [0.25, 0.3) is 0 Å². The first-order chi connectivity index (χ1) is 8.65. The number of aromatic nitrogens is 1. The summed E-state index contributed by atoms with van der Waals surface area (Å²) in [5.74, 6) is 0. The number of hydrogen-bond acceptors (Lipinski definition) is 2. The highest BCUT2D eigenvalue weighted by molar-refractivity contribution is 9.09. The second kappa shape index (κ2) is 6.67. The van der Waals surface area contributed by atoms with Crippen molar-refractivity contribution in [3.8, 4) is 0 Å². The predicted molar refractivity (Wildman–Crippen MR) is 80.0 cm³/mol. The van der Waals surface area contributed by atoms with Crippen LogP contribution in [0.5, 0.6) is 0 Å².